The van der Waals surface area contributed by atoms with Crippen LogP contribution >= 0.6 is 15.9 Å². The molecular formula is C12H11BrN4O3. The van der Waals surface area contributed by atoms with E-state index in [9.17, 15) is 10.1 Å². The zero-order valence-corrected chi connectivity index (χ0v) is 12.1. The largest absolute Gasteiger partial charge is 0.430 e. The Kier molecular flexibility index (Phi) is 4.14. The Balaban J connectivity index is 2.42. The van der Waals surface area contributed by atoms with Crippen LogP contribution in [0.25, 0.3) is 0 Å². The highest BCUT2D eigenvalue weighted by atomic mass is 79.9. The van der Waals surface area contributed by atoms with E-state index in [4.69, 9.17) is 10.5 Å². The molecule has 2 rings (SSSR count). The third-order valence-electron chi connectivity index (χ3n) is 2.57. The Morgan fingerprint density at radius 2 is 2.25 bits per heavy atom. The minimum absolute atomic E-state index is 0.0241. The van der Waals surface area contributed by atoms with Crippen LogP contribution in [0.4, 0.5) is 11.6 Å². The van der Waals surface area contributed by atoms with Gasteiger partial charge in [0.1, 0.15) is 0 Å². The van der Waals surface area contributed by atoms with Gasteiger partial charge in [-0.3, -0.25) is 10.1 Å². The van der Waals surface area contributed by atoms with Crippen molar-refractivity contribution in [3.8, 4) is 11.6 Å². The molecule has 8 heteroatoms. The number of ether oxygens (including phenoxy) is 1. The van der Waals surface area contributed by atoms with E-state index < -0.39 is 4.92 Å². The van der Waals surface area contributed by atoms with Crippen molar-refractivity contribution in [2.45, 2.75) is 13.3 Å². The van der Waals surface area contributed by atoms with E-state index in [0.717, 1.165) is 5.56 Å². The van der Waals surface area contributed by atoms with E-state index in [2.05, 4.69) is 25.9 Å². The SMILES string of the molecule is CCc1ccc(Oc2nc(N)ncc2Br)c([N+](=O)[O-])c1. The minimum Gasteiger partial charge on any atom is -0.430 e. The summed E-state index contributed by atoms with van der Waals surface area (Å²) in [7, 11) is 0. The van der Waals surface area contributed by atoms with Crippen molar-refractivity contribution < 1.29 is 9.66 Å². The number of halogens is 1. The molecule has 0 unspecified atom stereocenters. The van der Waals surface area contributed by atoms with Crippen LogP contribution in [0.5, 0.6) is 11.6 Å². The summed E-state index contributed by atoms with van der Waals surface area (Å²) < 4.78 is 5.92. The van der Waals surface area contributed by atoms with Crippen LogP contribution in [0.2, 0.25) is 0 Å². The Morgan fingerprint density at radius 3 is 2.90 bits per heavy atom. The molecule has 1 heterocycles. The average molecular weight is 339 g/mol. The fraction of sp³-hybridized carbons (Fsp3) is 0.167. The number of rotatable bonds is 4. The van der Waals surface area contributed by atoms with Crippen molar-refractivity contribution in [3.05, 3.63) is 44.5 Å². The monoisotopic (exact) mass is 338 g/mol. The molecule has 20 heavy (non-hydrogen) atoms. The van der Waals surface area contributed by atoms with Gasteiger partial charge >= 0.3 is 5.69 Å². The van der Waals surface area contributed by atoms with Gasteiger partial charge in [-0.25, -0.2) is 4.98 Å². The normalized spacial score (nSPS) is 10.3. The number of nitrogens with two attached hydrogens (primary N) is 1. The molecule has 0 fully saturated rings. The van der Waals surface area contributed by atoms with Crippen molar-refractivity contribution in [3.63, 3.8) is 0 Å². The molecule has 7 nitrogen and oxygen atoms in total. The predicted octanol–water partition coefficient (Wildman–Crippen LogP) is 3.08. The molecule has 0 aliphatic heterocycles. The van der Waals surface area contributed by atoms with E-state index in [1.807, 2.05) is 6.92 Å². The van der Waals surface area contributed by atoms with Crippen molar-refractivity contribution >= 4 is 27.6 Å². The van der Waals surface area contributed by atoms with Crippen molar-refractivity contribution in [2.75, 3.05) is 5.73 Å². The van der Waals surface area contributed by atoms with E-state index in [1.165, 1.54) is 12.3 Å². The van der Waals surface area contributed by atoms with Crippen LogP contribution in [-0.4, -0.2) is 14.9 Å². The maximum atomic E-state index is 11.1. The summed E-state index contributed by atoms with van der Waals surface area (Å²) in [6, 6.07) is 4.79. The molecule has 0 atom stereocenters. The minimum atomic E-state index is -0.493. The number of nitrogen functional groups attached to an aromatic ring is 1. The summed E-state index contributed by atoms with van der Waals surface area (Å²) in [5, 5.41) is 11.1. The lowest BCUT2D eigenvalue weighted by Crippen LogP contribution is -2.00. The van der Waals surface area contributed by atoms with Crippen molar-refractivity contribution in [1.82, 2.24) is 9.97 Å². The van der Waals surface area contributed by atoms with Gasteiger partial charge < -0.3 is 10.5 Å². The number of hydrogen-bond donors (Lipinski definition) is 1. The topological polar surface area (TPSA) is 104 Å². The maximum absolute atomic E-state index is 11.1. The Hall–Kier alpha value is -2.22. The standard InChI is InChI=1S/C12H11BrN4O3/c1-2-7-3-4-10(9(5-7)17(18)19)20-11-8(13)6-15-12(14)16-11/h3-6H,2H2,1H3,(H2,14,15,16). The first-order chi connectivity index (χ1) is 9.51. The van der Waals surface area contributed by atoms with Gasteiger partial charge in [-0.2, -0.15) is 4.98 Å². The Morgan fingerprint density at radius 1 is 1.50 bits per heavy atom. The lowest BCUT2D eigenvalue weighted by Gasteiger charge is -2.08. The van der Waals surface area contributed by atoms with E-state index in [0.29, 0.717) is 10.9 Å². The molecule has 0 radical (unpaired) electrons. The smallest absolute Gasteiger partial charge is 0.311 e. The van der Waals surface area contributed by atoms with Crippen LogP contribution in [0.15, 0.2) is 28.9 Å². The molecule has 0 aliphatic carbocycles. The molecule has 0 amide bonds. The van der Waals surface area contributed by atoms with Gasteiger partial charge in [0.05, 0.1) is 15.6 Å². The average Bonchev–Trinajstić information content (AvgIpc) is 2.43. The quantitative estimate of drug-likeness (QED) is 0.678. The predicted molar refractivity (Wildman–Crippen MR) is 76.7 cm³/mol. The number of anilines is 1. The first kappa shape index (κ1) is 14.2. The van der Waals surface area contributed by atoms with E-state index in [-0.39, 0.29) is 23.3 Å². The molecule has 104 valence electrons. The second kappa shape index (κ2) is 5.83. The molecule has 2 aromatic rings. The van der Waals surface area contributed by atoms with Gasteiger partial charge in [0, 0.05) is 6.07 Å². The molecular weight excluding hydrogens is 328 g/mol. The van der Waals surface area contributed by atoms with Crippen LogP contribution < -0.4 is 10.5 Å². The molecule has 0 spiro atoms. The van der Waals surface area contributed by atoms with Gasteiger partial charge in [0.15, 0.2) is 0 Å². The summed E-state index contributed by atoms with van der Waals surface area (Å²) >= 11 is 3.20. The number of aromatic nitrogens is 2. The second-order valence-electron chi connectivity index (χ2n) is 3.90. The van der Waals surface area contributed by atoms with E-state index in [1.54, 1.807) is 12.1 Å². The Labute approximate surface area is 123 Å². The molecule has 1 aromatic carbocycles. The van der Waals surface area contributed by atoms with Gasteiger partial charge in [-0.05, 0) is 34.0 Å². The molecule has 1 aromatic heterocycles. The van der Waals surface area contributed by atoms with Gasteiger partial charge in [0.2, 0.25) is 17.6 Å². The van der Waals surface area contributed by atoms with Crippen LogP contribution in [0.3, 0.4) is 0 Å². The molecule has 0 aliphatic rings. The summed E-state index contributed by atoms with van der Waals surface area (Å²) in [5.74, 6) is 0.256. The fourth-order valence-corrected chi connectivity index (χ4v) is 1.82. The lowest BCUT2D eigenvalue weighted by atomic mass is 10.1. The Bertz CT molecular complexity index is 663. The van der Waals surface area contributed by atoms with E-state index >= 15 is 0 Å². The highest BCUT2D eigenvalue weighted by Gasteiger charge is 2.18. The van der Waals surface area contributed by atoms with Gasteiger partial charge in [-0.15, -0.1) is 0 Å². The lowest BCUT2D eigenvalue weighted by molar-refractivity contribution is -0.385. The summed E-state index contributed by atoms with van der Waals surface area (Å²) in [6.45, 7) is 1.92. The third-order valence-corrected chi connectivity index (χ3v) is 3.11. The van der Waals surface area contributed by atoms with Crippen LogP contribution in [0.1, 0.15) is 12.5 Å². The number of benzene rings is 1. The highest BCUT2D eigenvalue weighted by molar-refractivity contribution is 9.10. The fourth-order valence-electron chi connectivity index (χ4n) is 1.55. The zero-order valence-electron chi connectivity index (χ0n) is 10.5. The van der Waals surface area contributed by atoms with Gasteiger partial charge in [0.25, 0.3) is 0 Å². The number of nitro groups is 1. The van der Waals surface area contributed by atoms with Crippen molar-refractivity contribution in [2.24, 2.45) is 0 Å². The summed E-state index contributed by atoms with van der Waals surface area (Å²) in [4.78, 5) is 18.3. The number of aryl methyl sites for hydroxylation is 1. The number of nitrogens with zero attached hydrogens (tertiary/aromatic N) is 3. The molecule has 0 saturated heterocycles. The number of hydrogen-bond acceptors (Lipinski definition) is 6. The van der Waals surface area contributed by atoms with Gasteiger partial charge in [-0.1, -0.05) is 13.0 Å². The first-order valence-corrected chi connectivity index (χ1v) is 6.53. The molecule has 0 saturated carbocycles. The molecule has 2 N–H and O–H groups in total. The number of nitro benzene ring substituents is 1. The maximum Gasteiger partial charge on any atom is 0.311 e. The van der Waals surface area contributed by atoms with Crippen LogP contribution in [0, 0.1) is 10.1 Å². The first-order valence-electron chi connectivity index (χ1n) is 5.74. The van der Waals surface area contributed by atoms with Crippen molar-refractivity contribution in [1.29, 1.82) is 0 Å². The van der Waals surface area contributed by atoms with Crippen LogP contribution in [-0.2, 0) is 6.42 Å². The highest BCUT2D eigenvalue weighted by Crippen LogP contribution is 2.34. The molecule has 0 bridgehead atoms. The zero-order chi connectivity index (χ0) is 14.7. The second-order valence-corrected chi connectivity index (χ2v) is 4.75. The summed E-state index contributed by atoms with van der Waals surface area (Å²) in [6.07, 6.45) is 2.12. The third kappa shape index (κ3) is 3.02. The summed E-state index contributed by atoms with van der Waals surface area (Å²) in [5.41, 5.74) is 6.20.